The second-order valence-corrected chi connectivity index (χ2v) is 8.04. The summed E-state index contributed by atoms with van der Waals surface area (Å²) in [6.07, 6.45) is 8.73. The highest BCUT2D eigenvalue weighted by Gasteiger charge is 2.26. The van der Waals surface area contributed by atoms with E-state index in [9.17, 15) is 15.0 Å². The molecule has 0 rings (SSSR count). The fourth-order valence-corrected chi connectivity index (χ4v) is 2.71. The van der Waals surface area contributed by atoms with Gasteiger partial charge in [0.15, 0.2) is 6.10 Å². The molecule has 3 unspecified atom stereocenters. The second-order valence-electron chi connectivity index (χ2n) is 8.04. The summed E-state index contributed by atoms with van der Waals surface area (Å²) in [5.41, 5.74) is 3.84. The summed E-state index contributed by atoms with van der Waals surface area (Å²) < 4.78 is 5.10. The topological polar surface area (TPSA) is 66.8 Å². The monoisotopic (exact) mass is 380 g/mol. The number of carbonyl (C=O) groups excluding carboxylic acids is 1. The molecule has 4 nitrogen and oxygen atoms in total. The molecule has 0 aromatic heterocycles. The van der Waals surface area contributed by atoms with Crippen LogP contribution in [0.4, 0.5) is 0 Å². The van der Waals surface area contributed by atoms with Crippen molar-refractivity contribution in [1.82, 2.24) is 0 Å². The number of aliphatic hydroxyl groups excluding tert-OH is 2. The van der Waals surface area contributed by atoms with E-state index < -0.39 is 18.2 Å². The molecule has 156 valence electrons. The van der Waals surface area contributed by atoms with Gasteiger partial charge in [0.1, 0.15) is 0 Å². The first-order valence-electron chi connectivity index (χ1n) is 10.1. The third kappa shape index (κ3) is 14.3. The van der Waals surface area contributed by atoms with Crippen LogP contribution >= 0.6 is 0 Å². The summed E-state index contributed by atoms with van der Waals surface area (Å²) in [5.74, 6) is -0.515. The number of esters is 1. The minimum absolute atomic E-state index is 0.221. The molecule has 4 heteroatoms. The summed E-state index contributed by atoms with van der Waals surface area (Å²) in [5, 5.41) is 20.0. The van der Waals surface area contributed by atoms with Crippen LogP contribution in [0.3, 0.4) is 0 Å². The molecule has 0 radical (unpaired) electrons. The van der Waals surface area contributed by atoms with Crippen LogP contribution in [0.5, 0.6) is 0 Å². The van der Waals surface area contributed by atoms with Crippen molar-refractivity contribution in [3.8, 4) is 0 Å². The maximum Gasteiger partial charge on any atom is 0.337 e. The van der Waals surface area contributed by atoms with E-state index in [0.717, 1.165) is 25.7 Å². The van der Waals surface area contributed by atoms with Gasteiger partial charge >= 0.3 is 5.97 Å². The van der Waals surface area contributed by atoms with Crippen LogP contribution in [-0.2, 0) is 9.53 Å². The van der Waals surface area contributed by atoms with Crippen LogP contribution in [0, 0.1) is 5.92 Å². The van der Waals surface area contributed by atoms with Crippen molar-refractivity contribution >= 4 is 5.97 Å². The smallest absolute Gasteiger partial charge is 0.337 e. The van der Waals surface area contributed by atoms with Gasteiger partial charge < -0.3 is 14.9 Å². The summed E-state index contributed by atoms with van der Waals surface area (Å²) in [6.45, 7) is 12.6. The average Bonchev–Trinajstić information content (AvgIpc) is 2.57. The zero-order valence-corrected chi connectivity index (χ0v) is 18.1. The molecule has 0 aromatic carbocycles. The first-order valence-corrected chi connectivity index (χ1v) is 10.1. The predicted molar refractivity (Wildman–Crippen MR) is 112 cm³/mol. The molecule has 0 saturated heterocycles. The Kier molecular flexibility index (Phi) is 13.9. The lowest BCUT2D eigenvalue weighted by molar-refractivity contribution is -0.160. The molecular weight excluding hydrogens is 340 g/mol. The second kappa shape index (κ2) is 14.6. The highest BCUT2D eigenvalue weighted by atomic mass is 16.5. The first-order chi connectivity index (χ1) is 12.6. The van der Waals surface area contributed by atoms with Crippen LogP contribution in [0.1, 0.15) is 80.1 Å². The standard InChI is InChI=1S/C23H40O4/c1-17(2)10-7-12-19(5)14-9-15-27-23(26)22(25)21(24)16-20(6)13-8-11-18(3)4/h10-11,14,20-22,24-25H,7-9,12-13,15-16H2,1-6H3. The molecule has 3 atom stereocenters. The van der Waals surface area contributed by atoms with Crippen LogP contribution in [-0.4, -0.2) is 35.0 Å². The van der Waals surface area contributed by atoms with Gasteiger partial charge in [-0.15, -0.1) is 0 Å². The van der Waals surface area contributed by atoms with Gasteiger partial charge in [-0.3, -0.25) is 0 Å². The van der Waals surface area contributed by atoms with Crippen LogP contribution in [0.25, 0.3) is 0 Å². The maximum absolute atomic E-state index is 11.9. The highest BCUT2D eigenvalue weighted by Crippen LogP contribution is 2.16. The summed E-state index contributed by atoms with van der Waals surface area (Å²) >= 11 is 0. The molecule has 0 bridgehead atoms. The third-order valence-electron chi connectivity index (χ3n) is 4.41. The minimum Gasteiger partial charge on any atom is -0.463 e. The Morgan fingerprint density at radius 3 is 2.11 bits per heavy atom. The molecule has 0 heterocycles. The molecule has 27 heavy (non-hydrogen) atoms. The maximum atomic E-state index is 11.9. The Morgan fingerprint density at radius 1 is 0.926 bits per heavy atom. The van der Waals surface area contributed by atoms with Crippen molar-refractivity contribution in [3.05, 3.63) is 34.9 Å². The number of hydrogen-bond acceptors (Lipinski definition) is 4. The van der Waals surface area contributed by atoms with Crippen molar-refractivity contribution in [2.24, 2.45) is 5.92 Å². The number of hydrogen-bond donors (Lipinski definition) is 2. The SMILES string of the molecule is CC(C)=CCCC(C)=CCCOC(=O)C(O)C(O)CC(C)CCC=C(C)C. The highest BCUT2D eigenvalue weighted by molar-refractivity contribution is 5.75. The van der Waals surface area contributed by atoms with Gasteiger partial charge in [0.2, 0.25) is 0 Å². The molecule has 0 fully saturated rings. The van der Waals surface area contributed by atoms with E-state index in [2.05, 4.69) is 52.8 Å². The lowest BCUT2D eigenvalue weighted by Gasteiger charge is -2.20. The number of rotatable bonds is 13. The molecule has 0 aromatic rings. The Balaban J connectivity index is 4.11. The summed E-state index contributed by atoms with van der Waals surface area (Å²) in [7, 11) is 0. The fraction of sp³-hybridized carbons (Fsp3) is 0.696. The quantitative estimate of drug-likeness (QED) is 0.265. The van der Waals surface area contributed by atoms with Gasteiger partial charge in [0, 0.05) is 0 Å². The average molecular weight is 381 g/mol. The van der Waals surface area contributed by atoms with Gasteiger partial charge in [-0.25, -0.2) is 4.79 Å². The predicted octanol–water partition coefficient (Wildman–Crippen LogP) is 5.11. The fourth-order valence-electron chi connectivity index (χ4n) is 2.71. The van der Waals surface area contributed by atoms with E-state index in [1.807, 2.05) is 6.92 Å². The number of carbonyl (C=O) groups is 1. The summed E-state index contributed by atoms with van der Waals surface area (Å²) in [6, 6.07) is 0. The number of aliphatic hydroxyl groups is 2. The zero-order valence-electron chi connectivity index (χ0n) is 18.1. The molecule has 0 aliphatic heterocycles. The van der Waals surface area contributed by atoms with Gasteiger partial charge in [-0.2, -0.15) is 0 Å². The van der Waals surface area contributed by atoms with E-state index in [4.69, 9.17) is 4.74 Å². The van der Waals surface area contributed by atoms with Crippen LogP contribution in [0.2, 0.25) is 0 Å². The van der Waals surface area contributed by atoms with Gasteiger partial charge in [0.25, 0.3) is 0 Å². The van der Waals surface area contributed by atoms with Crippen LogP contribution in [0.15, 0.2) is 34.9 Å². The lowest BCUT2D eigenvalue weighted by Crippen LogP contribution is -2.36. The van der Waals surface area contributed by atoms with E-state index >= 15 is 0 Å². The summed E-state index contributed by atoms with van der Waals surface area (Å²) in [4.78, 5) is 11.9. The zero-order chi connectivity index (χ0) is 20.8. The minimum atomic E-state index is -1.47. The molecule has 2 N–H and O–H groups in total. The van der Waals surface area contributed by atoms with E-state index in [0.29, 0.717) is 12.8 Å². The van der Waals surface area contributed by atoms with E-state index in [1.54, 1.807) is 0 Å². The molecule has 0 aliphatic rings. The number of allylic oxidation sites excluding steroid dienone is 5. The van der Waals surface area contributed by atoms with E-state index in [-0.39, 0.29) is 12.5 Å². The van der Waals surface area contributed by atoms with Gasteiger partial charge in [-0.1, -0.05) is 41.9 Å². The van der Waals surface area contributed by atoms with Crippen molar-refractivity contribution in [2.45, 2.75) is 92.3 Å². The molecule has 0 amide bonds. The van der Waals surface area contributed by atoms with Crippen molar-refractivity contribution in [1.29, 1.82) is 0 Å². The third-order valence-corrected chi connectivity index (χ3v) is 4.41. The largest absolute Gasteiger partial charge is 0.463 e. The Labute approximate surface area is 166 Å². The molecule has 0 aliphatic carbocycles. The van der Waals surface area contributed by atoms with Crippen LogP contribution < -0.4 is 0 Å². The van der Waals surface area contributed by atoms with Gasteiger partial charge in [-0.05, 0) is 79.1 Å². The van der Waals surface area contributed by atoms with Crippen molar-refractivity contribution in [3.63, 3.8) is 0 Å². The normalized spacial score (nSPS) is 14.9. The van der Waals surface area contributed by atoms with Crippen molar-refractivity contribution in [2.75, 3.05) is 6.61 Å². The molecule has 0 spiro atoms. The molecular formula is C23H40O4. The Hall–Kier alpha value is -1.39. The Bertz CT molecular complexity index is 508. The van der Waals surface area contributed by atoms with E-state index in [1.165, 1.54) is 16.7 Å². The number of ether oxygens (including phenoxy) is 1. The first kappa shape index (κ1) is 25.6. The van der Waals surface area contributed by atoms with Crippen molar-refractivity contribution < 1.29 is 19.7 Å². The van der Waals surface area contributed by atoms with Gasteiger partial charge in [0.05, 0.1) is 12.7 Å². The Morgan fingerprint density at radius 2 is 1.52 bits per heavy atom. The lowest BCUT2D eigenvalue weighted by atomic mass is 9.95. The molecule has 0 saturated carbocycles.